The molecule has 0 aliphatic heterocycles. The Kier molecular flexibility index (Phi) is 6.71. The second-order valence-corrected chi connectivity index (χ2v) is 8.23. The van der Waals surface area contributed by atoms with Crippen molar-refractivity contribution in [1.29, 1.82) is 0 Å². The highest BCUT2D eigenvalue weighted by Gasteiger charge is 2.24. The molecular weight excluding hydrogens is 386 g/mol. The van der Waals surface area contributed by atoms with Gasteiger partial charge in [0.1, 0.15) is 6.04 Å². The van der Waals surface area contributed by atoms with Gasteiger partial charge in [-0.1, -0.05) is 24.3 Å². The van der Waals surface area contributed by atoms with Gasteiger partial charge in [0.15, 0.2) is 23.1 Å². The Labute approximate surface area is 175 Å². The first-order chi connectivity index (χ1) is 13.9. The van der Waals surface area contributed by atoms with Gasteiger partial charge in [-0.15, -0.1) is 11.3 Å². The van der Waals surface area contributed by atoms with Crippen molar-refractivity contribution in [3.05, 3.63) is 53.0 Å². The Balaban J connectivity index is 1.66. The predicted octanol–water partition coefficient (Wildman–Crippen LogP) is 2.55. The average molecular weight is 415 g/mol. The van der Waals surface area contributed by atoms with E-state index in [2.05, 4.69) is 13.0 Å². The Hall–Kier alpha value is -2.64. The summed E-state index contributed by atoms with van der Waals surface area (Å²) in [7, 11) is 7.07. The van der Waals surface area contributed by atoms with Crippen LogP contribution in [0, 0.1) is 0 Å². The van der Waals surface area contributed by atoms with Gasteiger partial charge in [0.05, 0.1) is 31.5 Å². The van der Waals surface area contributed by atoms with Crippen LogP contribution in [0.1, 0.15) is 23.5 Å². The summed E-state index contributed by atoms with van der Waals surface area (Å²) in [5.74, 6) is 1.40. The van der Waals surface area contributed by atoms with E-state index in [4.69, 9.17) is 14.5 Å². The minimum atomic E-state index is 0.0698. The maximum absolute atomic E-state index is 12.8. The molecule has 2 aromatic carbocycles. The molecule has 154 valence electrons. The zero-order chi connectivity index (χ0) is 21.0. The molecule has 1 heterocycles. The highest BCUT2D eigenvalue weighted by Crippen LogP contribution is 2.31. The summed E-state index contributed by atoms with van der Waals surface area (Å²) in [4.78, 5) is 20.4. The first-order valence-corrected chi connectivity index (χ1v) is 10.4. The van der Waals surface area contributed by atoms with Crippen molar-refractivity contribution < 1.29 is 19.2 Å². The fourth-order valence-electron chi connectivity index (χ4n) is 3.23. The number of ether oxygens (including phenoxy) is 2. The molecule has 0 aliphatic rings. The van der Waals surface area contributed by atoms with Gasteiger partial charge in [-0.2, -0.15) is 0 Å². The van der Waals surface area contributed by atoms with Gasteiger partial charge < -0.3 is 19.3 Å². The maximum atomic E-state index is 12.8. The van der Waals surface area contributed by atoms with Crippen molar-refractivity contribution in [1.82, 2.24) is 9.88 Å². The van der Waals surface area contributed by atoms with Crippen LogP contribution in [0.25, 0.3) is 10.2 Å². The third kappa shape index (κ3) is 4.68. The molecule has 0 bridgehead atoms. The lowest BCUT2D eigenvalue weighted by Crippen LogP contribution is -3.10. The van der Waals surface area contributed by atoms with Gasteiger partial charge in [-0.05, 0) is 25.1 Å². The van der Waals surface area contributed by atoms with Crippen LogP contribution < -0.4 is 14.4 Å². The molecule has 1 N–H and O–H groups in total. The van der Waals surface area contributed by atoms with Crippen molar-refractivity contribution in [2.75, 3.05) is 34.9 Å². The number of carbonyl (C=O) groups is 1. The van der Waals surface area contributed by atoms with Crippen LogP contribution >= 0.6 is 11.3 Å². The number of nitrogens with zero attached hydrogens (tertiary/aromatic N) is 2. The van der Waals surface area contributed by atoms with E-state index in [0.29, 0.717) is 24.6 Å². The van der Waals surface area contributed by atoms with E-state index in [1.165, 1.54) is 4.70 Å². The Morgan fingerprint density at radius 2 is 1.93 bits per heavy atom. The van der Waals surface area contributed by atoms with E-state index in [1.54, 1.807) is 30.5 Å². The smallest absolute Gasteiger partial charge is 0.277 e. The molecule has 3 rings (SSSR count). The Bertz CT molecular complexity index is 955. The second kappa shape index (κ2) is 9.24. The number of methoxy groups -OCH3 is 2. The minimum absolute atomic E-state index is 0.0698. The predicted molar refractivity (Wildman–Crippen MR) is 116 cm³/mol. The lowest BCUT2D eigenvalue weighted by Gasteiger charge is -2.24. The molecule has 7 heteroatoms. The van der Waals surface area contributed by atoms with Crippen LogP contribution in [-0.4, -0.2) is 50.7 Å². The van der Waals surface area contributed by atoms with Crippen LogP contribution in [0.15, 0.2) is 42.5 Å². The molecule has 0 aliphatic carbocycles. The summed E-state index contributed by atoms with van der Waals surface area (Å²) >= 11 is 1.69. The van der Waals surface area contributed by atoms with Gasteiger partial charge >= 0.3 is 0 Å². The zero-order valence-corrected chi connectivity index (χ0v) is 18.4. The third-order valence-corrected chi connectivity index (χ3v) is 6.39. The van der Waals surface area contributed by atoms with Crippen LogP contribution in [0.4, 0.5) is 0 Å². The fourth-order valence-corrected chi connectivity index (χ4v) is 4.35. The van der Waals surface area contributed by atoms with Gasteiger partial charge in [0.2, 0.25) is 0 Å². The van der Waals surface area contributed by atoms with Crippen molar-refractivity contribution in [2.24, 2.45) is 0 Å². The lowest BCUT2D eigenvalue weighted by atomic mass is 10.1. The van der Waals surface area contributed by atoms with Gasteiger partial charge in [-0.25, -0.2) is 4.98 Å². The third-order valence-electron chi connectivity index (χ3n) is 5.17. The number of likely N-dealkylation sites (N-methyl/N-ethyl adjacent to an activating group) is 2. The molecule has 0 fully saturated rings. The molecule has 0 radical (unpaired) electrons. The molecule has 1 amide bonds. The second-order valence-electron chi connectivity index (χ2n) is 7.17. The molecule has 29 heavy (non-hydrogen) atoms. The number of para-hydroxylation sites is 2. The monoisotopic (exact) mass is 414 g/mol. The zero-order valence-electron chi connectivity index (χ0n) is 17.6. The minimum Gasteiger partial charge on any atom is -0.493 e. The number of rotatable bonds is 8. The van der Waals surface area contributed by atoms with Gasteiger partial charge in [0.25, 0.3) is 5.91 Å². The number of hydrogen-bond acceptors (Lipinski definition) is 5. The van der Waals surface area contributed by atoms with E-state index < -0.39 is 0 Å². The molecule has 1 unspecified atom stereocenters. The fraction of sp³-hybridized carbons (Fsp3) is 0.364. The van der Waals surface area contributed by atoms with Crippen molar-refractivity contribution in [3.8, 4) is 11.5 Å². The van der Waals surface area contributed by atoms with E-state index in [9.17, 15) is 4.79 Å². The first kappa shape index (κ1) is 21.1. The van der Waals surface area contributed by atoms with Crippen LogP contribution in [0.5, 0.6) is 11.5 Å². The summed E-state index contributed by atoms with van der Waals surface area (Å²) in [5, 5.41) is 1.05. The molecule has 0 saturated heterocycles. The molecule has 0 saturated carbocycles. The summed E-state index contributed by atoms with van der Waals surface area (Å²) in [6.07, 6.45) is 0. The van der Waals surface area contributed by atoms with Crippen molar-refractivity contribution in [2.45, 2.75) is 19.5 Å². The SMILES string of the molecule is COc1cccc(CN(C)C(=O)C[NH+](C)[C@H](C)c2nc3ccccc3s2)c1OC. The molecular formula is C22H28N3O3S+. The number of quaternary nitrogens is 1. The number of amides is 1. The highest BCUT2D eigenvalue weighted by molar-refractivity contribution is 7.18. The van der Waals surface area contributed by atoms with Crippen LogP contribution in [0.3, 0.4) is 0 Å². The van der Waals surface area contributed by atoms with Gasteiger partial charge in [-0.3, -0.25) is 4.79 Å². The van der Waals surface area contributed by atoms with Crippen LogP contribution in [-0.2, 0) is 11.3 Å². The normalized spacial score (nSPS) is 13.1. The van der Waals surface area contributed by atoms with Crippen molar-refractivity contribution in [3.63, 3.8) is 0 Å². The summed E-state index contributed by atoms with van der Waals surface area (Å²) in [5.41, 5.74) is 1.93. The van der Waals surface area contributed by atoms with Crippen LogP contribution in [0.2, 0.25) is 0 Å². The first-order valence-electron chi connectivity index (χ1n) is 9.56. The number of benzene rings is 2. The largest absolute Gasteiger partial charge is 0.493 e. The van der Waals surface area contributed by atoms with E-state index >= 15 is 0 Å². The lowest BCUT2D eigenvalue weighted by molar-refractivity contribution is -0.902. The van der Waals surface area contributed by atoms with Gasteiger partial charge in [0, 0.05) is 19.2 Å². The summed E-state index contributed by atoms with van der Waals surface area (Å²) in [6.45, 7) is 2.97. The Morgan fingerprint density at radius 1 is 1.17 bits per heavy atom. The number of carbonyl (C=O) groups excluding carboxylic acids is 1. The number of hydrogen-bond donors (Lipinski definition) is 1. The molecule has 1 aromatic heterocycles. The molecule has 0 spiro atoms. The molecule has 3 aromatic rings. The Morgan fingerprint density at radius 3 is 2.62 bits per heavy atom. The van der Waals surface area contributed by atoms with E-state index in [0.717, 1.165) is 21.0 Å². The van der Waals surface area contributed by atoms with Crippen molar-refractivity contribution >= 4 is 27.5 Å². The molecule has 2 atom stereocenters. The topological polar surface area (TPSA) is 56.1 Å². The average Bonchev–Trinajstić information content (AvgIpc) is 3.16. The number of nitrogens with one attached hydrogen (secondary N) is 1. The molecule has 6 nitrogen and oxygen atoms in total. The number of aromatic nitrogens is 1. The number of fused-ring (bicyclic) bond motifs is 1. The highest BCUT2D eigenvalue weighted by atomic mass is 32.1. The quantitative estimate of drug-likeness (QED) is 0.616. The summed E-state index contributed by atoms with van der Waals surface area (Å²) in [6, 6.07) is 14.0. The summed E-state index contributed by atoms with van der Waals surface area (Å²) < 4.78 is 12.0. The standard InChI is InChI=1S/C22H27N3O3S/c1-15(22-23-17-10-6-7-12-19(17)29-22)24(2)14-20(26)25(3)13-16-9-8-11-18(27-4)21(16)28-5/h6-12,15H,13-14H2,1-5H3/p+1/t15-/m1/s1. The van der Waals surface area contributed by atoms with E-state index in [-0.39, 0.29) is 11.9 Å². The maximum Gasteiger partial charge on any atom is 0.277 e. The van der Waals surface area contributed by atoms with E-state index in [1.807, 2.05) is 50.5 Å². The number of thiazole rings is 1.